The SMILES string of the molecule is CC(C)(C)[Si](C)(C)O[C@@H](C#N)C(N)C#N. The fraction of sp³-hybridized carbons (Fsp3) is 0.800. The van der Waals surface area contributed by atoms with Crippen LogP contribution in [0.3, 0.4) is 0 Å². The van der Waals surface area contributed by atoms with Crippen molar-refractivity contribution in [3.05, 3.63) is 0 Å². The number of nitrogens with zero attached hydrogens (tertiary/aromatic N) is 2. The number of rotatable bonds is 3. The molecule has 0 aliphatic carbocycles. The van der Waals surface area contributed by atoms with Crippen molar-refractivity contribution >= 4 is 8.32 Å². The van der Waals surface area contributed by atoms with Crippen molar-refractivity contribution in [3.8, 4) is 12.1 Å². The van der Waals surface area contributed by atoms with Gasteiger partial charge in [0, 0.05) is 0 Å². The largest absolute Gasteiger partial charge is 0.399 e. The zero-order valence-electron chi connectivity index (χ0n) is 10.0. The lowest BCUT2D eigenvalue weighted by atomic mass is 10.2. The molecular formula is C10H19N3OSi. The van der Waals surface area contributed by atoms with Crippen molar-refractivity contribution in [2.75, 3.05) is 0 Å². The van der Waals surface area contributed by atoms with Gasteiger partial charge in [0.1, 0.15) is 6.04 Å². The van der Waals surface area contributed by atoms with Crippen LogP contribution in [0.4, 0.5) is 0 Å². The Morgan fingerprint density at radius 2 is 1.67 bits per heavy atom. The number of nitriles is 2. The van der Waals surface area contributed by atoms with E-state index in [0.29, 0.717) is 0 Å². The van der Waals surface area contributed by atoms with Gasteiger partial charge in [-0.25, -0.2) is 0 Å². The van der Waals surface area contributed by atoms with E-state index in [0.717, 1.165) is 0 Å². The summed E-state index contributed by atoms with van der Waals surface area (Å²) in [5.74, 6) is 0. The van der Waals surface area contributed by atoms with Crippen LogP contribution in [-0.4, -0.2) is 20.5 Å². The fourth-order valence-electron chi connectivity index (χ4n) is 0.742. The monoisotopic (exact) mass is 225 g/mol. The van der Waals surface area contributed by atoms with E-state index in [2.05, 4.69) is 20.8 Å². The van der Waals surface area contributed by atoms with Crippen LogP contribution in [0, 0.1) is 22.7 Å². The van der Waals surface area contributed by atoms with Crippen LogP contribution >= 0.6 is 0 Å². The van der Waals surface area contributed by atoms with Gasteiger partial charge in [-0.05, 0) is 18.1 Å². The molecule has 0 aromatic rings. The Morgan fingerprint density at radius 1 is 1.20 bits per heavy atom. The molecule has 0 amide bonds. The van der Waals surface area contributed by atoms with Crippen LogP contribution in [0.15, 0.2) is 0 Å². The van der Waals surface area contributed by atoms with E-state index in [1.165, 1.54) is 0 Å². The van der Waals surface area contributed by atoms with Gasteiger partial charge in [-0.3, -0.25) is 0 Å². The van der Waals surface area contributed by atoms with Gasteiger partial charge in [0.05, 0.1) is 12.1 Å². The summed E-state index contributed by atoms with van der Waals surface area (Å²) in [6.45, 7) is 10.3. The van der Waals surface area contributed by atoms with E-state index < -0.39 is 20.5 Å². The predicted molar refractivity (Wildman–Crippen MR) is 61.3 cm³/mol. The van der Waals surface area contributed by atoms with Gasteiger partial charge < -0.3 is 10.2 Å². The summed E-state index contributed by atoms with van der Waals surface area (Å²) in [5.41, 5.74) is 5.49. The maximum atomic E-state index is 8.87. The molecular weight excluding hydrogens is 206 g/mol. The first-order chi connectivity index (χ1) is 6.65. The molecule has 0 bridgehead atoms. The lowest BCUT2D eigenvalue weighted by molar-refractivity contribution is 0.219. The van der Waals surface area contributed by atoms with Crippen molar-refractivity contribution in [1.82, 2.24) is 0 Å². The highest BCUT2D eigenvalue weighted by Gasteiger charge is 2.40. The third-order valence-corrected chi connectivity index (χ3v) is 7.29. The molecule has 0 heterocycles. The van der Waals surface area contributed by atoms with E-state index in [4.69, 9.17) is 20.7 Å². The van der Waals surface area contributed by atoms with Gasteiger partial charge >= 0.3 is 0 Å². The Balaban J connectivity index is 4.73. The second kappa shape index (κ2) is 4.76. The summed E-state index contributed by atoms with van der Waals surface area (Å²) in [6.07, 6.45) is -0.823. The molecule has 5 heteroatoms. The van der Waals surface area contributed by atoms with Crippen molar-refractivity contribution in [2.45, 2.75) is 51.0 Å². The third kappa shape index (κ3) is 3.64. The highest BCUT2D eigenvalue weighted by atomic mass is 28.4. The molecule has 0 saturated heterocycles. The molecule has 4 nitrogen and oxygen atoms in total. The first-order valence-corrected chi connectivity index (χ1v) is 7.79. The second-order valence-corrected chi connectivity index (χ2v) is 9.84. The average molecular weight is 225 g/mol. The third-order valence-electron chi connectivity index (χ3n) is 2.83. The second-order valence-electron chi connectivity index (χ2n) is 5.08. The van der Waals surface area contributed by atoms with E-state index in [-0.39, 0.29) is 5.04 Å². The van der Waals surface area contributed by atoms with Gasteiger partial charge in [0.15, 0.2) is 14.4 Å². The molecule has 0 radical (unpaired) electrons. The molecule has 0 aromatic carbocycles. The molecule has 15 heavy (non-hydrogen) atoms. The predicted octanol–water partition coefficient (Wildman–Crippen LogP) is 1.75. The van der Waals surface area contributed by atoms with E-state index in [9.17, 15) is 0 Å². The lowest BCUT2D eigenvalue weighted by Crippen LogP contribution is -2.48. The molecule has 0 fully saturated rings. The Hall–Kier alpha value is -0.883. The molecule has 0 aliphatic heterocycles. The van der Waals surface area contributed by atoms with Crippen molar-refractivity contribution in [2.24, 2.45) is 5.73 Å². The van der Waals surface area contributed by atoms with Crippen LogP contribution in [-0.2, 0) is 4.43 Å². The van der Waals surface area contributed by atoms with E-state index >= 15 is 0 Å². The number of nitrogens with two attached hydrogens (primary N) is 1. The van der Waals surface area contributed by atoms with Crippen molar-refractivity contribution < 1.29 is 4.43 Å². The summed E-state index contributed by atoms with van der Waals surface area (Å²) in [6, 6.07) is 2.92. The zero-order chi connectivity index (χ0) is 12.3. The molecule has 0 rings (SSSR count). The van der Waals surface area contributed by atoms with Gasteiger partial charge in [-0.2, -0.15) is 10.5 Å². The molecule has 0 aliphatic rings. The number of hydrogen-bond donors (Lipinski definition) is 1. The van der Waals surface area contributed by atoms with Crippen molar-refractivity contribution in [3.63, 3.8) is 0 Å². The minimum Gasteiger partial charge on any atom is -0.399 e. The standard InChI is InChI=1S/C10H19N3OSi/c1-10(2,3)15(4,5)14-9(7-12)8(13)6-11/h8-9H,13H2,1-5H3/t8?,9-/m0/s1. The summed E-state index contributed by atoms with van der Waals surface area (Å²) < 4.78 is 5.73. The lowest BCUT2D eigenvalue weighted by Gasteiger charge is -2.37. The minimum atomic E-state index is -2.02. The molecule has 0 saturated carbocycles. The molecule has 2 atom stereocenters. The average Bonchev–Trinajstić information content (AvgIpc) is 2.11. The maximum absolute atomic E-state index is 8.87. The molecule has 2 N–H and O–H groups in total. The Morgan fingerprint density at radius 3 is 1.93 bits per heavy atom. The van der Waals surface area contributed by atoms with E-state index in [1.807, 2.05) is 25.2 Å². The van der Waals surface area contributed by atoms with Crippen LogP contribution < -0.4 is 5.73 Å². The highest BCUT2D eigenvalue weighted by Crippen LogP contribution is 2.37. The quantitative estimate of drug-likeness (QED) is 0.742. The van der Waals surface area contributed by atoms with Gasteiger partial charge in [0.2, 0.25) is 0 Å². The maximum Gasteiger partial charge on any atom is 0.193 e. The first-order valence-electron chi connectivity index (χ1n) is 4.88. The Bertz CT molecular complexity index is 295. The van der Waals surface area contributed by atoms with Crippen LogP contribution in [0.25, 0.3) is 0 Å². The van der Waals surface area contributed by atoms with E-state index in [1.54, 1.807) is 0 Å². The van der Waals surface area contributed by atoms with Crippen molar-refractivity contribution in [1.29, 1.82) is 10.5 Å². The Kier molecular flexibility index (Phi) is 4.48. The van der Waals surface area contributed by atoms with Crippen LogP contribution in [0.2, 0.25) is 18.1 Å². The smallest absolute Gasteiger partial charge is 0.193 e. The van der Waals surface area contributed by atoms with Crippen LogP contribution in [0.5, 0.6) is 0 Å². The normalized spacial score (nSPS) is 16.3. The van der Waals surface area contributed by atoms with Gasteiger partial charge in [0.25, 0.3) is 0 Å². The fourth-order valence-corrected chi connectivity index (χ4v) is 1.93. The highest BCUT2D eigenvalue weighted by molar-refractivity contribution is 6.74. The van der Waals surface area contributed by atoms with Gasteiger partial charge in [-0.1, -0.05) is 20.8 Å². The molecule has 1 unspecified atom stereocenters. The Labute approximate surface area is 92.8 Å². The summed E-state index contributed by atoms with van der Waals surface area (Å²) in [4.78, 5) is 0. The van der Waals surface area contributed by atoms with Gasteiger partial charge in [-0.15, -0.1) is 0 Å². The topological polar surface area (TPSA) is 82.8 Å². The zero-order valence-corrected chi connectivity index (χ0v) is 11.0. The number of hydrogen-bond acceptors (Lipinski definition) is 4. The summed E-state index contributed by atoms with van der Waals surface area (Å²) in [7, 11) is -2.02. The van der Waals surface area contributed by atoms with Crippen LogP contribution in [0.1, 0.15) is 20.8 Å². The molecule has 0 spiro atoms. The summed E-state index contributed by atoms with van der Waals surface area (Å²) in [5, 5.41) is 17.5. The molecule has 0 aromatic heterocycles. The summed E-state index contributed by atoms with van der Waals surface area (Å²) >= 11 is 0. The first kappa shape index (κ1) is 14.1. The molecule has 84 valence electrons. The minimum absolute atomic E-state index is 0.0112.